The number of methoxy groups -OCH3 is 1. The molecule has 2 rings (SSSR count). The molecule has 0 saturated carbocycles. The van der Waals surface area contributed by atoms with Crippen LogP contribution in [0.4, 0.5) is 0 Å². The average Bonchev–Trinajstić information content (AvgIpc) is 2.85. The molecule has 0 radical (unpaired) electrons. The predicted molar refractivity (Wildman–Crippen MR) is 92.3 cm³/mol. The van der Waals surface area contributed by atoms with Crippen LogP contribution in [0, 0.1) is 11.8 Å². The largest absolute Gasteiger partial charge is 0.507 e. The molecule has 5 nitrogen and oxygen atoms in total. The van der Waals surface area contributed by atoms with E-state index in [4.69, 9.17) is 11.6 Å². The van der Waals surface area contributed by atoms with E-state index in [9.17, 15) is 9.90 Å². The van der Waals surface area contributed by atoms with Crippen LogP contribution in [0.3, 0.4) is 0 Å². The normalized spacial score (nSPS) is 10.9. The van der Waals surface area contributed by atoms with E-state index in [1.165, 1.54) is 23.9 Å². The molecule has 0 bridgehead atoms. The zero-order chi connectivity index (χ0) is 18.1. The minimum Gasteiger partial charge on any atom is -0.507 e. The SMILES string of the molecule is COC(=O)c1cnc(C#Cc2cc(C(C)(C)C)c(Cl)cc2O)n1C. The van der Waals surface area contributed by atoms with Gasteiger partial charge in [-0.2, -0.15) is 0 Å². The van der Waals surface area contributed by atoms with Crippen molar-refractivity contribution in [3.05, 3.63) is 46.0 Å². The molecule has 0 saturated heterocycles. The summed E-state index contributed by atoms with van der Waals surface area (Å²) in [6, 6.07) is 3.26. The molecule has 0 aliphatic heterocycles. The van der Waals surface area contributed by atoms with Gasteiger partial charge in [0, 0.05) is 18.1 Å². The van der Waals surface area contributed by atoms with Gasteiger partial charge in [-0.15, -0.1) is 0 Å². The topological polar surface area (TPSA) is 64.3 Å². The Bertz CT molecular complexity index is 852. The third-order valence-electron chi connectivity index (χ3n) is 3.59. The summed E-state index contributed by atoms with van der Waals surface area (Å²) in [6.07, 6.45) is 1.40. The third-order valence-corrected chi connectivity index (χ3v) is 3.90. The van der Waals surface area contributed by atoms with Crippen LogP contribution >= 0.6 is 11.6 Å². The zero-order valence-corrected chi connectivity index (χ0v) is 15.0. The first kappa shape index (κ1) is 17.9. The number of benzene rings is 1. The number of ether oxygens (including phenoxy) is 1. The van der Waals surface area contributed by atoms with Gasteiger partial charge < -0.3 is 14.4 Å². The van der Waals surface area contributed by atoms with Crippen LogP contribution in [0.5, 0.6) is 5.75 Å². The molecule has 0 aliphatic carbocycles. The first-order valence-electron chi connectivity index (χ1n) is 7.30. The third kappa shape index (κ3) is 3.55. The Morgan fingerprint density at radius 3 is 2.58 bits per heavy atom. The number of rotatable bonds is 1. The number of esters is 1. The number of aromatic hydroxyl groups is 1. The minimum absolute atomic E-state index is 0.00269. The highest BCUT2D eigenvalue weighted by molar-refractivity contribution is 6.31. The second kappa shape index (κ2) is 6.58. The molecule has 1 aromatic carbocycles. The lowest BCUT2D eigenvalue weighted by Gasteiger charge is -2.21. The van der Waals surface area contributed by atoms with E-state index in [1.54, 1.807) is 13.1 Å². The van der Waals surface area contributed by atoms with Gasteiger partial charge in [-0.3, -0.25) is 0 Å². The summed E-state index contributed by atoms with van der Waals surface area (Å²) < 4.78 is 6.21. The fourth-order valence-electron chi connectivity index (χ4n) is 2.18. The molecule has 24 heavy (non-hydrogen) atoms. The number of phenolic OH excluding ortho intramolecular Hbond substituents is 1. The van der Waals surface area contributed by atoms with E-state index >= 15 is 0 Å². The van der Waals surface area contributed by atoms with Crippen LogP contribution in [-0.4, -0.2) is 27.7 Å². The van der Waals surface area contributed by atoms with Gasteiger partial charge in [0.05, 0.1) is 18.9 Å². The predicted octanol–water partition coefficient (Wildman–Crippen LogP) is 3.26. The van der Waals surface area contributed by atoms with Crippen molar-refractivity contribution in [1.82, 2.24) is 9.55 Å². The fourth-order valence-corrected chi connectivity index (χ4v) is 2.62. The molecule has 1 N–H and O–H groups in total. The number of hydrogen-bond donors (Lipinski definition) is 1. The Morgan fingerprint density at radius 1 is 1.33 bits per heavy atom. The summed E-state index contributed by atoms with van der Waals surface area (Å²) >= 11 is 6.21. The van der Waals surface area contributed by atoms with E-state index in [0.717, 1.165) is 5.56 Å². The van der Waals surface area contributed by atoms with Gasteiger partial charge >= 0.3 is 5.97 Å². The van der Waals surface area contributed by atoms with Crippen LogP contribution in [-0.2, 0) is 17.2 Å². The van der Waals surface area contributed by atoms with Crippen LogP contribution < -0.4 is 0 Å². The summed E-state index contributed by atoms with van der Waals surface area (Å²) in [4.78, 5) is 15.7. The molecule has 1 aromatic heterocycles. The van der Waals surface area contributed by atoms with Crippen molar-refractivity contribution in [1.29, 1.82) is 0 Å². The molecule has 0 fully saturated rings. The average molecular weight is 347 g/mol. The number of carbonyl (C=O) groups is 1. The Morgan fingerprint density at radius 2 is 2.00 bits per heavy atom. The van der Waals surface area contributed by atoms with Crippen molar-refractivity contribution >= 4 is 17.6 Å². The molecule has 6 heteroatoms. The molecule has 0 spiro atoms. The van der Waals surface area contributed by atoms with Gasteiger partial charge in [-0.25, -0.2) is 9.78 Å². The summed E-state index contributed by atoms with van der Waals surface area (Å²) in [7, 11) is 2.98. The maximum Gasteiger partial charge on any atom is 0.356 e. The van der Waals surface area contributed by atoms with Gasteiger partial charge in [0.15, 0.2) is 5.82 Å². The highest BCUT2D eigenvalue weighted by atomic mass is 35.5. The second-order valence-corrected chi connectivity index (χ2v) is 6.77. The Labute approximate surface area is 146 Å². The summed E-state index contributed by atoms with van der Waals surface area (Å²) in [5.41, 5.74) is 1.47. The van der Waals surface area contributed by atoms with Gasteiger partial charge in [0.25, 0.3) is 0 Å². The van der Waals surface area contributed by atoms with Gasteiger partial charge in [-0.1, -0.05) is 38.3 Å². The van der Waals surface area contributed by atoms with E-state index in [-0.39, 0.29) is 11.2 Å². The first-order valence-corrected chi connectivity index (χ1v) is 7.68. The second-order valence-electron chi connectivity index (χ2n) is 6.37. The van der Waals surface area contributed by atoms with Crippen LogP contribution in [0.1, 0.15) is 48.2 Å². The van der Waals surface area contributed by atoms with Crippen LogP contribution in [0.15, 0.2) is 18.3 Å². The molecule has 1 heterocycles. The minimum atomic E-state index is -0.484. The Balaban J connectivity index is 2.45. The Kier molecular flexibility index (Phi) is 4.91. The van der Waals surface area contributed by atoms with Crippen molar-refractivity contribution in [3.8, 4) is 17.6 Å². The maximum atomic E-state index is 11.6. The van der Waals surface area contributed by atoms with Gasteiger partial charge in [0.1, 0.15) is 11.4 Å². The number of phenols is 1. The quantitative estimate of drug-likeness (QED) is 0.636. The molecule has 0 aliphatic rings. The van der Waals surface area contributed by atoms with E-state index < -0.39 is 5.97 Å². The zero-order valence-electron chi connectivity index (χ0n) is 14.3. The molecule has 0 unspecified atom stereocenters. The van der Waals surface area contributed by atoms with Crippen molar-refractivity contribution in [3.63, 3.8) is 0 Å². The summed E-state index contributed by atoms with van der Waals surface area (Å²) in [5.74, 6) is 5.65. The van der Waals surface area contributed by atoms with Gasteiger partial charge in [0.2, 0.25) is 0 Å². The van der Waals surface area contributed by atoms with Crippen LogP contribution in [0.25, 0.3) is 0 Å². The standard InChI is InChI=1S/C18H19ClN2O3/c1-18(2,3)12-8-11(15(22)9-13(12)19)6-7-16-20-10-14(21(16)4)17(23)24-5/h8-10,22H,1-5H3. The summed E-state index contributed by atoms with van der Waals surface area (Å²) in [5, 5.41) is 10.6. The fraction of sp³-hybridized carbons (Fsp3) is 0.333. The lowest BCUT2D eigenvalue weighted by molar-refractivity contribution is 0.0589. The number of aromatic nitrogens is 2. The van der Waals surface area contributed by atoms with Crippen molar-refractivity contribution < 1.29 is 14.6 Å². The highest BCUT2D eigenvalue weighted by Gasteiger charge is 2.19. The Hall–Kier alpha value is -2.45. The molecule has 0 atom stereocenters. The number of imidazole rings is 1. The number of carbonyl (C=O) groups excluding carboxylic acids is 1. The molecule has 0 amide bonds. The number of halogens is 1. The molecular weight excluding hydrogens is 328 g/mol. The molecular formula is C18H19ClN2O3. The first-order chi connectivity index (χ1) is 11.1. The van der Waals surface area contributed by atoms with E-state index in [1.807, 2.05) is 20.8 Å². The van der Waals surface area contributed by atoms with Crippen LogP contribution in [0.2, 0.25) is 5.02 Å². The summed E-state index contributed by atoms with van der Waals surface area (Å²) in [6.45, 7) is 6.09. The van der Waals surface area contributed by atoms with Crippen molar-refractivity contribution in [2.75, 3.05) is 7.11 Å². The smallest absolute Gasteiger partial charge is 0.356 e. The molecule has 2 aromatic rings. The van der Waals surface area contributed by atoms with Crippen molar-refractivity contribution in [2.24, 2.45) is 7.05 Å². The lowest BCUT2D eigenvalue weighted by Crippen LogP contribution is -2.12. The maximum absolute atomic E-state index is 11.6. The monoisotopic (exact) mass is 346 g/mol. The highest BCUT2D eigenvalue weighted by Crippen LogP contribution is 2.34. The van der Waals surface area contributed by atoms with Crippen molar-refractivity contribution in [2.45, 2.75) is 26.2 Å². The van der Waals surface area contributed by atoms with Gasteiger partial charge in [-0.05, 0) is 23.0 Å². The molecule has 126 valence electrons. The van der Waals surface area contributed by atoms with E-state index in [0.29, 0.717) is 22.1 Å². The van der Waals surface area contributed by atoms with E-state index in [2.05, 4.69) is 21.6 Å². The number of nitrogens with zero attached hydrogens (tertiary/aromatic N) is 2. The number of hydrogen-bond acceptors (Lipinski definition) is 4. The lowest BCUT2D eigenvalue weighted by atomic mass is 9.86.